The molecule has 1 aromatic rings. The Morgan fingerprint density at radius 3 is 2.55 bits per heavy atom. The second kappa shape index (κ2) is 10.1. The minimum atomic E-state index is -4.42. The van der Waals surface area contributed by atoms with Crippen LogP contribution in [0.4, 0.5) is 13.2 Å². The number of likely N-dealkylation sites (tertiary alicyclic amines) is 1. The topological polar surface area (TPSA) is 43.9 Å². The van der Waals surface area contributed by atoms with Crippen molar-refractivity contribution in [1.29, 1.82) is 0 Å². The van der Waals surface area contributed by atoms with Crippen LogP contribution in [0.3, 0.4) is 0 Å². The SMILES string of the molecule is CCC(=O)N1CCCC(C(=O)N(CCN(C)C)Cc2cccc(C(F)(F)F)c2)C1. The third-order valence-electron chi connectivity index (χ3n) is 5.18. The highest BCUT2D eigenvalue weighted by atomic mass is 19.4. The van der Waals surface area contributed by atoms with Gasteiger partial charge < -0.3 is 14.7 Å². The second-order valence-corrected chi connectivity index (χ2v) is 7.79. The van der Waals surface area contributed by atoms with Crippen molar-refractivity contribution in [3.8, 4) is 0 Å². The molecule has 1 fully saturated rings. The van der Waals surface area contributed by atoms with Gasteiger partial charge in [0.1, 0.15) is 0 Å². The number of benzene rings is 1. The van der Waals surface area contributed by atoms with Crippen LogP contribution < -0.4 is 0 Å². The van der Waals surface area contributed by atoms with Crippen molar-refractivity contribution in [1.82, 2.24) is 14.7 Å². The van der Waals surface area contributed by atoms with E-state index < -0.39 is 11.7 Å². The molecule has 1 saturated heterocycles. The Balaban J connectivity index is 2.17. The first kappa shape index (κ1) is 23.2. The van der Waals surface area contributed by atoms with E-state index in [0.29, 0.717) is 44.6 Å². The lowest BCUT2D eigenvalue weighted by Crippen LogP contribution is -2.47. The maximum atomic E-state index is 13.2. The van der Waals surface area contributed by atoms with E-state index in [1.54, 1.807) is 22.8 Å². The molecule has 0 spiro atoms. The summed E-state index contributed by atoms with van der Waals surface area (Å²) in [6.45, 7) is 3.98. The van der Waals surface area contributed by atoms with E-state index in [2.05, 4.69) is 0 Å². The zero-order valence-electron chi connectivity index (χ0n) is 17.3. The van der Waals surface area contributed by atoms with Crippen LogP contribution in [0.15, 0.2) is 24.3 Å². The lowest BCUT2D eigenvalue weighted by Gasteiger charge is -2.35. The van der Waals surface area contributed by atoms with Crippen LogP contribution in [-0.2, 0) is 22.3 Å². The smallest absolute Gasteiger partial charge is 0.342 e. The Kier molecular flexibility index (Phi) is 8.07. The molecule has 0 aromatic heterocycles. The molecule has 1 aliphatic heterocycles. The van der Waals surface area contributed by atoms with Gasteiger partial charge in [-0.1, -0.05) is 19.1 Å². The predicted octanol–water partition coefficient (Wildman–Crippen LogP) is 3.24. The number of hydrogen-bond acceptors (Lipinski definition) is 3. The minimum absolute atomic E-state index is 0.0280. The molecule has 1 heterocycles. The molecule has 29 heavy (non-hydrogen) atoms. The lowest BCUT2D eigenvalue weighted by molar-refractivity contribution is -0.141. The molecule has 1 aliphatic rings. The Hall–Kier alpha value is -2.09. The van der Waals surface area contributed by atoms with Gasteiger partial charge >= 0.3 is 6.18 Å². The van der Waals surface area contributed by atoms with Crippen molar-refractivity contribution < 1.29 is 22.8 Å². The Bertz CT molecular complexity index is 707. The monoisotopic (exact) mass is 413 g/mol. The number of amides is 2. The second-order valence-electron chi connectivity index (χ2n) is 7.79. The van der Waals surface area contributed by atoms with Gasteiger partial charge in [-0.2, -0.15) is 13.2 Å². The normalized spacial score (nSPS) is 17.5. The molecule has 1 atom stereocenters. The van der Waals surface area contributed by atoms with Gasteiger partial charge in [-0.3, -0.25) is 9.59 Å². The van der Waals surface area contributed by atoms with Crippen LogP contribution in [0, 0.1) is 5.92 Å². The first-order valence-electron chi connectivity index (χ1n) is 9.99. The summed E-state index contributed by atoms with van der Waals surface area (Å²) in [5, 5.41) is 0. The van der Waals surface area contributed by atoms with Crippen LogP contribution in [0.2, 0.25) is 0 Å². The average Bonchev–Trinajstić information content (AvgIpc) is 2.69. The third-order valence-corrected chi connectivity index (χ3v) is 5.18. The van der Waals surface area contributed by atoms with E-state index in [-0.39, 0.29) is 24.3 Å². The molecule has 1 aromatic carbocycles. The predicted molar refractivity (Wildman–Crippen MR) is 105 cm³/mol. The van der Waals surface area contributed by atoms with Crippen LogP contribution in [0.25, 0.3) is 0 Å². The molecule has 2 rings (SSSR count). The molecule has 2 amide bonds. The Morgan fingerprint density at radius 2 is 1.93 bits per heavy atom. The van der Waals surface area contributed by atoms with Crippen LogP contribution in [-0.4, -0.2) is 66.8 Å². The first-order chi connectivity index (χ1) is 13.6. The van der Waals surface area contributed by atoms with Crippen molar-refractivity contribution in [2.75, 3.05) is 40.3 Å². The molecule has 0 aliphatic carbocycles. The maximum absolute atomic E-state index is 13.2. The summed E-state index contributed by atoms with van der Waals surface area (Å²) in [5.41, 5.74) is -0.267. The van der Waals surface area contributed by atoms with Crippen molar-refractivity contribution >= 4 is 11.8 Å². The summed E-state index contributed by atoms with van der Waals surface area (Å²) in [6.07, 6.45) is -2.57. The zero-order chi connectivity index (χ0) is 21.6. The van der Waals surface area contributed by atoms with E-state index in [0.717, 1.165) is 18.6 Å². The number of likely N-dealkylation sites (N-methyl/N-ethyl adjacent to an activating group) is 1. The molecule has 0 saturated carbocycles. The van der Waals surface area contributed by atoms with Gasteiger partial charge in [-0.05, 0) is 44.6 Å². The van der Waals surface area contributed by atoms with Crippen molar-refractivity contribution in [3.05, 3.63) is 35.4 Å². The largest absolute Gasteiger partial charge is 0.416 e. The Morgan fingerprint density at radius 1 is 1.21 bits per heavy atom. The molecule has 0 bridgehead atoms. The lowest BCUT2D eigenvalue weighted by atomic mass is 9.95. The van der Waals surface area contributed by atoms with Crippen LogP contribution in [0.1, 0.15) is 37.3 Å². The third kappa shape index (κ3) is 6.73. The standard InChI is InChI=1S/C21H30F3N3O2/c1-4-19(28)26-10-6-8-17(15-26)20(29)27(12-11-25(2)3)14-16-7-5-9-18(13-16)21(22,23)24/h5,7,9,13,17H,4,6,8,10-12,14-15H2,1-3H3. The molecule has 5 nitrogen and oxygen atoms in total. The van der Waals surface area contributed by atoms with Crippen LogP contribution in [0.5, 0.6) is 0 Å². The van der Waals surface area contributed by atoms with Crippen molar-refractivity contribution in [2.24, 2.45) is 5.92 Å². The van der Waals surface area contributed by atoms with E-state index in [4.69, 9.17) is 0 Å². The summed E-state index contributed by atoms with van der Waals surface area (Å²) in [6, 6.07) is 5.11. The summed E-state index contributed by atoms with van der Waals surface area (Å²) < 4.78 is 39.1. The summed E-state index contributed by atoms with van der Waals surface area (Å²) >= 11 is 0. The molecule has 8 heteroatoms. The number of nitrogens with zero attached hydrogens (tertiary/aromatic N) is 3. The number of carbonyl (C=O) groups excluding carboxylic acids is 2. The van der Waals surface area contributed by atoms with E-state index in [1.807, 2.05) is 19.0 Å². The number of rotatable bonds is 7. The van der Waals surface area contributed by atoms with Gasteiger partial charge in [-0.15, -0.1) is 0 Å². The number of halogens is 3. The highest BCUT2D eigenvalue weighted by Crippen LogP contribution is 2.30. The first-order valence-corrected chi connectivity index (χ1v) is 9.99. The van der Waals surface area contributed by atoms with Gasteiger partial charge in [-0.25, -0.2) is 0 Å². The minimum Gasteiger partial charge on any atom is -0.342 e. The van der Waals surface area contributed by atoms with Crippen LogP contribution >= 0.6 is 0 Å². The fraction of sp³-hybridized carbons (Fsp3) is 0.619. The highest BCUT2D eigenvalue weighted by Gasteiger charge is 2.32. The summed E-state index contributed by atoms with van der Waals surface area (Å²) in [4.78, 5) is 30.5. The number of hydrogen-bond donors (Lipinski definition) is 0. The van der Waals surface area contributed by atoms with E-state index in [1.165, 1.54) is 6.07 Å². The zero-order valence-corrected chi connectivity index (χ0v) is 17.3. The quantitative estimate of drug-likeness (QED) is 0.689. The van der Waals surface area contributed by atoms with Gasteiger partial charge in [0, 0.05) is 39.1 Å². The van der Waals surface area contributed by atoms with Crippen molar-refractivity contribution in [3.63, 3.8) is 0 Å². The maximum Gasteiger partial charge on any atom is 0.416 e. The van der Waals surface area contributed by atoms with Gasteiger partial charge in [0.2, 0.25) is 11.8 Å². The average molecular weight is 413 g/mol. The molecule has 0 radical (unpaired) electrons. The van der Waals surface area contributed by atoms with Gasteiger partial charge in [0.15, 0.2) is 0 Å². The molecular formula is C21H30F3N3O2. The van der Waals surface area contributed by atoms with E-state index >= 15 is 0 Å². The molecular weight excluding hydrogens is 383 g/mol. The number of piperidine rings is 1. The number of carbonyl (C=O) groups is 2. The number of alkyl halides is 3. The van der Waals surface area contributed by atoms with Crippen molar-refractivity contribution in [2.45, 2.75) is 38.9 Å². The molecule has 0 N–H and O–H groups in total. The summed E-state index contributed by atoms with van der Waals surface area (Å²) in [7, 11) is 3.77. The highest BCUT2D eigenvalue weighted by molar-refractivity contribution is 5.81. The Labute approximate surface area is 170 Å². The molecule has 162 valence electrons. The van der Waals surface area contributed by atoms with Gasteiger partial charge in [0.25, 0.3) is 0 Å². The fourth-order valence-electron chi connectivity index (χ4n) is 3.54. The van der Waals surface area contributed by atoms with E-state index in [9.17, 15) is 22.8 Å². The van der Waals surface area contributed by atoms with Gasteiger partial charge in [0.05, 0.1) is 11.5 Å². The molecule has 1 unspecified atom stereocenters. The summed E-state index contributed by atoms with van der Waals surface area (Å²) in [5.74, 6) is -0.384. The fourth-order valence-corrected chi connectivity index (χ4v) is 3.54.